The van der Waals surface area contributed by atoms with Crippen LogP contribution >= 0.6 is 0 Å². The minimum Gasteiger partial charge on any atom is -0.546 e. The van der Waals surface area contributed by atoms with E-state index in [1.54, 1.807) is 12.1 Å². The molecule has 1 rings (SSSR count). The van der Waals surface area contributed by atoms with Gasteiger partial charge in [-0.2, -0.15) is 0 Å². The second-order valence-electron chi connectivity index (χ2n) is 2.66. The fraction of sp³-hybridized carbons (Fsp3) is 0.300. The molecule has 0 N–H and O–H groups in total. The number of ether oxygens (including phenoxy) is 1. The van der Waals surface area contributed by atoms with Crippen molar-refractivity contribution in [3.8, 4) is 5.75 Å². The monoisotopic (exact) mass is 202 g/mol. The number of aryl methyl sites for hydroxylation is 1. The molecule has 0 aliphatic rings. The van der Waals surface area contributed by atoms with Gasteiger partial charge in [-0.05, 0) is 24.1 Å². The fourth-order valence-corrected chi connectivity index (χ4v) is 0.964. The van der Waals surface area contributed by atoms with Crippen molar-refractivity contribution in [1.29, 1.82) is 0 Å². The van der Waals surface area contributed by atoms with E-state index in [0.29, 0.717) is 5.75 Å². The molecular formula is C10H11NaO3. The normalized spacial score (nSPS) is 8.93. The average Bonchev–Trinajstić information content (AvgIpc) is 2.15. The number of hydrogen-bond donors (Lipinski definition) is 0. The van der Waals surface area contributed by atoms with E-state index < -0.39 is 12.6 Å². The summed E-state index contributed by atoms with van der Waals surface area (Å²) in [5.41, 5.74) is 1.20. The standard InChI is InChI=1S/C10H12O3.Na/c1-2-8-3-5-9(6-4-8)13-7-10(11)12;/h3-6H,2,7H2,1H3,(H,11,12);/q;+1/p-1. The minimum atomic E-state index is -1.21. The smallest absolute Gasteiger partial charge is 0.546 e. The molecule has 3 nitrogen and oxygen atoms in total. The van der Waals surface area contributed by atoms with E-state index >= 15 is 0 Å². The van der Waals surface area contributed by atoms with E-state index in [1.165, 1.54) is 5.56 Å². The summed E-state index contributed by atoms with van der Waals surface area (Å²) in [6.45, 7) is 1.66. The Morgan fingerprint density at radius 1 is 1.36 bits per heavy atom. The van der Waals surface area contributed by atoms with Crippen LogP contribution in [0.1, 0.15) is 12.5 Å². The molecule has 0 saturated carbocycles. The Morgan fingerprint density at radius 3 is 2.36 bits per heavy atom. The topological polar surface area (TPSA) is 49.4 Å². The molecule has 0 aliphatic carbocycles. The summed E-state index contributed by atoms with van der Waals surface area (Å²) in [5, 5.41) is 10.1. The van der Waals surface area contributed by atoms with Gasteiger partial charge in [-0.1, -0.05) is 19.1 Å². The summed E-state index contributed by atoms with van der Waals surface area (Å²) < 4.78 is 4.90. The zero-order valence-electron chi connectivity index (χ0n) is 8.45. The quantitative estimate of drug-likeness (QED) is 0.502. The number of hydrogen-bond acceptors (Lipinski definition) is 3. The number of benzene rings is 1. The molecule has 1 aromatic rings. The first-order chi connectivity index (χ1) is 6.22. The third kappa shape index (κ3) is 4.65. The van der Waals surface area contributed by atoms with Gasteiger partial charge in [0.2, 0.25) is 0 Å². The van der Waals surface area contributed by atoms with Crippen LogP contribution in [0.5, 0.6) is 5.75 Å². The molecule has 0 fully saturated rings. The molecule has 0 aliphatic heterocycles. The van der Waals surface area contributed by atoms with Gasteiger partial charge in [-0.3, -0.25) is 0 Å². The van der Waals surface area contributed by atoms with Crippen LogP contribution in [0.25, 0.3) is 0 Å². The van der Waals surface area contributed by atoms with Crippen LogP contribution in [0, 0.1) is 0 Å². The van der Waals surface area contributed by atoms with Crippen LogP contribution < -0.4 is 39.4 Å². The van der Waals surface area contributed by atoms with Crippen LogP contribution in [0.3, 0.4) is 0 Å². The third-order valence-electron chi connectivity index (χ3n) is 1.69. The van der Waals surface area contributed by atoms with Crippen molar-refractivity contribution in [3.63, 3.8) is 0 Å². The predicted molar refractivity (Wildman–Crippen MR) is 46.3 cm³/mol. The zero-order valence-corrected chi connectivity index (χ0v) is 10.4. The molecule has 0 amide bonds. The van der Waals surface area contributed by atoms with Gasteiger partial charge in [0.25, 0.3) is 0 Å². The maximum atomic E-state index is 10.1. The zero-order chi connectivity index (χ0) is 9.68. The number of carboxylic acid groups (broad SMARTS) is 1. The third-order valence-corrected chi connectivity index (χ3v) is 1.69. The Balaban J connectivity index is 0.00000169. The van der Waals surface area contributed by atoms with Crippen LogP contribution in [-0.2, 0) is 11.2 Å². The summed E-state index contributed by atoms with van der Waals surface area (Å²) in [7, 11) is 0. The van der Waals surface area contributed by atoms with Gasteiger partial charge in [0.15, 0.2) is 0 Å². The van der Waals surface area contributed by atoms with Gasteiger partial charge in [0.05, 0.1) is 5.97 Å². The second-order valence-corrected chi connectivity index (χ2v) is 2.66. The van der Waals surface area contributed by atoms with E-state index in [-0.39, 0.29) is 29.6 Å². The van der Waals surface area contributed by atoms with Crippen LogP contribution in [0.15, 0.2) is 24.3 Å². The summed E-state index contributed by atoms with van der Waals surface area (Å²) in [4.78, 5) is 10.1. The minimum absolute atomic E-state index is 0. The maximum Gasteiger partial charge on any atom is 1.00 e. The molecule has 0 radical (unpaired) electrons. The van der Waals surface area contributed by atoms with Gasteiger partial charge in [-0.25, -0.2) is 0 Å². The Labute approximate surface area is 105 Å². The summed E-state index contributed by atoms with van der Waals surface area (Å²) in [5.74, 6) is -0.652. The first-order valence-electron chi connectivity index (χ1n) is 4.14. The van der Waals surface area contributed by atoms with E-state index in [2.05, 4.69) is 6.92 Å². The first kappa shape index (κ1) is 13.5. The van der Waals surface area contributed by atoms with Crippen molar-refractivity contribution in [3.05, 3.63) is 29.8 Å². The van der Waals surface area contributed by atoms with Gasteiger partial charge in [0.1, 0.15) is 12.4 Å². The van der Waals surface area contributed by atoms with Crippen molar-refractivity contribution in [2.75, 3.05) is 6.61 Å². The number of aliphatic carboxylic acids is 1. The Morgan fingerprint density at radius 2 is 1.93 bits per heavy atom. The summed E-state index contributed by atoms with van der Waals surface area (Å²) >= 11 is 0. The maximum absolute atomic E-state index is 10.1. The van der Waals surface area contributed by atoms with E-state index in [9.17, 15) is 9.90 Å². The second kappa shape index (κ2) is 6.87. The summed E-state index contributed by atoms with van der Waals surface area (Å²) in [6.07, 6.45) is 0.959. The number of rotatable bonds is 4. The fourth-order valence-electron chi connectivity index (χ4n) is 0.964. The molecule has 0 bridgehead atoms. The molecule has 14 heavy (non-hydrogen) atoms. The summed E-state index contributed by atoms with van der Waals surface area (Å²) in [6, 6.07) is 7.32. The van der Waals surface area contributed by atoms with Crippen LogP contribution in [0.4, 0.5) is 0 Å². The van der Waals surface area contributed by atoms with E-state index in [4.69, 9.17) is 4.74 Å². The Kier molecular flexibility index (Phi) is 6.62. The molecule has 4 heteroatoms. The molecule has 0 aromatic heterocycles. The van der Waals surface area contributed by atoms with E-state index in [0.717, 1.165) is 6.42 Å². The molecule has 1 aromatic carbocycles. The number of carbonyl (C=O) groups is 1. The number of carboxylic acids is 1. The SMILES string of the molecule is CCc1ccc(OCC(=O)[O-])cc1.[Na+]. The molecular weight excluding hydrogens is 191 g/mol. The number of carbonyl (C=O) groups excluding carboxylic acids is 1. The first-order valence-corrected chi connectivity index (χ1v) is 4.14. The largest absolute Gasteiger partial charge is 1.00 e. The molecule has 0 heterocycles. The van der Waals surface area contributed by atoms with Crippen molar-refractivity contribution in [1.82, 2.24) is 0 Å². The van der Waals surface area contributed by atoms with Crippen LogP contribution in [-0.4, -0.2) is 12.6 Å². The molecule has 0 unspecified atom stereocenters. The van der Waals surface area contributed by atoms with E-state index in [1.807, 2.05) is 12.1 Å². The average molecular weight is 202 g/mol. The molecule has 70 valence electrons. The van der Waals surface area contributed by atoms with Gasteiger partial charge in [-0.15, -0.1) is 0 Å². The van der Waals surface area contributed by atoms with Gasteiger partial charge in [0, 0.05) is 0 Å². The molecule has 0 spiro atoms. The van der Waals surface area contributed by atoms with Gasteiger partial charge < -0.3 is 14.6 Å². The van der Waals surface area contributed by atoms with Crippen molar-refractivity contribution in [2.45, 2.75) is 13.3 Å². The Hall–Kier alpha value is -0.510. The van der Waals surface area contributed by atoms with Crippen molar-refractivity contribution >= 4 is 5.97 Å². The predicted octanol–water partition coefficient (Wildman–Crippen LogP) is -2.62. The van der Waals surface area contributed by atoms with Crippen molar-refractivity contribution in [2.24, 2.45) is 0 Å². The van der Waals surface area contributed by atoms with Gasteiger partial charge >= 0.3 is 29.6 Å². The van der Waals surface area contributed by atoms with Crippen LogP contribution in [0.2, 0.25) is 0 Å². The van der Waals surface area contributed by atoms with Crippen molar-refractivity contribution < 1.29 is 44.2 Å². The molecule has 0 saturated heterocycles. The molecule has 0 atom stereocenters. The Bertz CT molecular complexity index is 282.